The normalized spacial score (nSPS) is 12.7. The van der Waals surface area contributed by atoms with E-state index >= 15 is 0 Å². The van der Waals surface area contributed by atoms with Gasteiger partial charge in [-0.1, -0.05) is 28.9 Å². The van der Waals surface area contributed by atoms with Crippen molar-refractivity contribution in [1.29, 1.82) is 0 Å². The Kier molecular flexibility index (Phi) is 3.22. The standard InChI is InChI=1S/C11H12ClN3O/c1-15-10(7-13-14-15)11(16)6-8-3-2-4-9(12)5-8/h2-5,7,11,16H,6H2,1H3. The number of rotatable bonds is 3. The fraction of sp³-hybridized carbons (Fsp3) is 0.273. The van der Waals surface area contributed by atoms with Gasteiger partial charge in [0, 0.05) is 18.5 Å². The van der Waals surface area contributed by atoms with Gasteiger partial charge in [-0.2, -0.15) is 0 Å². The van der Waals surface area contributed by atoms with Gasteiger partial charge in [0.15, 0.2) is 0 Å². The predicted octanol–water partition coefficient (Wildman–Crippen LogP) is 1.74. The Morgan fingerprint density at radius 2 is 2.31 bits per heavy atom. The highest BCUT2D eigenvalue weighted by atomic mass is 35.5. The summed E-state index contributed by atoms with van der Waals surface area (Å²) < 4.78 is 1.56. The third-order valence-corrected chi connectivity index (χ3v) is 2.64. The van der Waals surface area contributed by atoms with E-state index in [4.69, 9.17) is 11.6 Å². The summed E-state index contributed by atoms with van der Waals surface area (Å²) in [5.74, 6) is 0. The summed E-state index contributed by atoms with van der Waals surface area (Å²) in [6.45, 7) is 0. The lowest BCUT2D eigenvalue weighted by molar-refractivity contribution is 0.168. The summed E-state index contributed by atoms with van der Waals surface area (Å²) in [7, 11) is 1.75. The van der Waals surface area contributed by atoms with Gasteiger partial charge in [-0.25, -0.2) is 4.68 Å². The average Bonchev–Trinajstić information content (AvgIpc) is 2.64. The van der Waals surface area contributed by atoms with Gasteiger partial charge in [0.1, 0.15) is 6.10 Å². The Bertz CT molecular complexity index is 484. The largest absolute Gasteiger partial charge is 0.386 e. The average molecular weight is 238 g/mol. The first-order valence-electron chi connectivity index (χ1n) is 4.94. The Labute approximate surface area is 98.5 Å². The smallest absolute Gasteiger partial charge is 0.101 e. The van der Waals surface area contributed by atoms with E-state index in [1.165, 1.54) is 0 Å². The molecule has 4 nitrogen and oxygen atoms in total. The maximum absolute atomic E-state index is 9.99. The number of aliphatic hydroxyl groups is 1. The predicted molar refractivity (Wildman–Crippen MR) is 61.1 cm³/mol. The number of aromatic nitrogens is 3. The zero-order chi connectivity index (χ0) is 11.5. The third-order valence-electron chi connectivity index (χ3n) is 2.41. The third kappa shape index (κ3) is 2.40. The van der Waals surface area contributed by atoms with Crippen molar-refractivity contribution < 1.29 is 5.11 Å². The lowest BCUT2D eigenvalue weighted by atomic mass is 10.1. The molecule has 1 aromatic heterocycles. The highest BCUT2D eigenvalue weighted by Crippen LogP contribution is 2.19. The molecular weight excluding hydrogens is 226 g/mol. The van der Waals surface area contributed by atoms with Crippen molar-refractivity contribution in [3.05, 3.63) is 46.7 Å². The van der Waals surface area contributed by atoms with Crippen molar-refractivity contribution in [3.63, 3.8) is 0 Å². The van der Waals surface area contributed by atoms with Crippen LogP contribution in [0.5, 0.6) is 0 Å². The quantitative estimate of drug-likeness (QED) is 0.885. The molecule has 0 amide bonds. The van der Waals surface area contributed by atoms with Gasteiger partial charge in [0.2, 0.25) is 0 Å². The molecule has 1 aromatic carbocycles. The second-order valence-electron chi connectivity index (χ2n) is 3.63. The number of aliphatic hydroxyl groups excluding tert-OH is 1. The van der Waals surface area contributed by atoms with Gasteiger partial charge >= 0.3 is 0 Å². The number of hydrogen-bond donors (Lipinski definition) is 1. The second-order valence-corrected chi connectivity index (χ2v) is 4.07. The number of halogens is 1. The van der Waals surface area contributed by atoms with Crippen molar-refractivity contribution >= 4 is 11.6 Å². The van der Waals surface area contributed by atoms with Gasteiger partial charge in [0.05, 0.1) is 11.9 Å². The molecule has 1 N–H and O–H groups in total. The topological polar surface area (TPSA) is 50.9 Å². The van der Waals surface area contributed by atoms with Crippen LogP contribution in [-0.2, 0) is 13.5 Å². The van der Waals surface area contributed by atoms with E-state index in [9.17, 15) is 5.11 Å². The van der Waals surface area contributed by atoms with Gasteiger partial charge < -0.3 is 5.11 Å². The Hall–Kier alpha value is -1.39. The Morgan fingerprint density at radius 1 is 1.50 bits per heavy atom. The molecule has 84 valence electrons. The van der Waals surface area contributed by atoms with E-state index in [2.05, 4.69) is 10.3 Å². The summed E-state index contributed by atoms with van der Waals surface area (Å²) >= 11 is 5.87. The van der Waals surface area contributed by atoms with Crippen LogP contribution in [0, 0.1) is 0 Å². The molecule has 2 aromatic rings. The molecule has 2 rings (SSSR count). The number of hydrogen-bond acceptors (Lipinski definition) is 3. The van der Waals surface area contributed by atoms with Crippen LogP contribution >= 0.6 is 11.6 Å². The van der Waals surface area contributed by atoms with Crippen molar-refractivity contribution in [2.75, 3.05) is 0 Å². The molecule has 0 saturated carbocycles. The fourth-order valence-corrected chi connectivity index (χ4v) is 1.80. The van der Waals surface area contributed by atoms with Crippen LogP contribution in [0.25, 0.3) is 0 Å². The maximum atomic E-state index is 9.99. The molecule has 0 aliphatic rings. The van der Waals surface area contributed by atoms with Gasteiger partial charge in [0.25, 0.3) is 0 Å². The van der Waals surface area contributed by atoms with Crippen molar-refractivity contribution in [1.82, 2.24) is 15.0 Å². The zero-order valence-electron chi connectivity index (χ0n) is 8.84. The Morgan fingerprint density at radius 3 is 2.94 bits per heavy atom. The summed E-state index contributed by atoms with van der Waals surface area (Å²) in [6.07, 6.45) is 1.45. The van der Waals surface area contributed by atoms with Gasteiger partial charge in [-0.3, -0.25) is 0 Å². The number of benzene rings is 1. The SMILES string of the molecule is Cn1nncc1C(O)Cc1cccc(Cl)c1. The second kappa shape index (κ2) is 4.63. The molecule has 0 aliphatic carbocycles. The zero-order valence-corrected chi connectivity index (χ0v) is 9.59. The molecule has 0 aliphatic heterocycles. The van der Waals surface area contributed by atoms with Gasteiger partial charge in [-0.15, -0.1) is 5.10 Å². The van der Waals surface area contributed by atoms with E-state index in [0.29, 0.717) is 17.1 Å². The molecular formula is C11H12ClN3O. The Balaban J connectivity index is 2.14. The van der Waals surface area contributed by atoms with Crippen LogP contribution in [0.3, 0.4) is 0 Å². The molecule has 1 unspecified atom stereocenters. The molecule has 0 spiro atoms. The van der Waals surface area contributed by atoms with Crippen molar-refractivity contribution in [2.24, 2.45) is 7.05 Å². The summed E-state index contributed by atoms with van der Waals surface area (Å²) in [5.41, 5.74) is 1.68. The first-order valence-corrected chi connectivity index (χ1v) is 5.31. The highest BCUT2D eigenvalue weighted by molar-refractivity contribution is 6.30. The minimum Gasteiger partial charge on any atom is -0.386 e. The first kappa shape index (κ1) is 11.1. The molecule has 1 atom stereocenters. The summed E-state index contributed by atoms with van der Waals surface area (Å²) in [5, 5.41) is 18.2. The molecule has 0 radical (unpaired) electrons. The number of aryl methyl sites for hydroxylation is 1. The van der Waals surface area contributed by atoms with E-state index in [-0.39, 0.29) is 0 Å². The van der Waals surface area contributed by atoms with Crippen LogP contribution in [0.2, 0.25) is 5.02 Å². The van der Waals surface area contributed by atoms with Crippen LogP contribution in [0.15, 0.2) is 30.5 Å². The summed E-state index contributed by atoms with van der Waals surface area (Å²) in [6, 6.07) is 7.45. The molecule has 0 fully saturated rings. The van der Waals surface area contributed by atoms with Crippen molar-refractivity contribution in [2.45, 2.75) is 12.5 Å². The molecule has 0 bridgehead atoms. The lowest BCUT2D eigenvalue weighted by Crippen LogP contribution is -2.07. The van der Waals surface area contributed by atoms with Crippen LogP contribution in [-0.4, -0.2) is 20.1 Å². The lowest BCUT2D eigenvalue weighted by Gasteiger charge is -2.10. The van der Waals surface area contributed by atoms with E-state index in [0.717, 1.165) is 5.56 Å². The van der Waals surface area contributed by atoms with Gasteiger partial charge in [-0.05, 0) is 17.7 Å². The minimum atomic E-state index is -0.613. The maximum Gasteiger partial charge on any atom is 0.101 e. The van der Waals surface area contributed by atoms with E-state index in [1.54, 1.807) is 17.9 Å². The molecule has 1 heterocycles. The summed E-state index contributed by atoms with van der Waals surface area (Å²) in [4.78, 5) is 0. The fourth-order valence-electron chi connectivity index (χ4n) is 1.59. The van der Waals surface area contributed by atoms with E-state index in [1.807, 2.05) is 24.3 Å². The van der Waals surface area contributed by atoms with Crippen molar-refractivity contribution in [3.8, 4) is 0 Å². The van der Waals surface area contributed by atoms with Crippen LogP contribution < -0.4 is 0 Å². The molecule has 0 saturated heterocycles. The first-order chi connectivity index (χ1) is 7.66. The molecule has 16 heavy (non-hydrogen) atoms. The van der Waals surface area contributed by atoms with Crippen LogP contribution in [0.4, 0.5) is 0 Å². The van der Waals surface area contributed by atoms with Crippen LogP contribution in [0.1, 0.15) is 17.4 Å². The minimum absolute atomic E-state index is 0.502. The molecule has 5 heteroatoms. The number of nitrogens with zero attached hydrogens (tertiary/aromatic N) is 3. The van der Waals surface area contributed by atoms with E-state index < -0.39 is 6.10 Å². The highest BCUT2D eigenvalue weighted by Gasteiger charge is 2.12. The monoisotopic (exact) mass is 237 g/mol.